The smallest absolute Gasteiger partial charge is 0.486 e. The Morgan fingerprint density at radius 2 is 1.74 bits per heavy atom. The molecule has 1 saturated heterocycles. The Labute approximate surface area is 138 Å². The van der Waals surface area contributed by atoms with Crippen LogP contribution in [0.4, 0.5) is 10.1 Å². The third-order valence-electron chi connectivity index (χ3n) is 5.08. The number of rotatable bonds is 2. The van der Waals surface area contributed by atoms with Crippen LogP contribution >= 0.6 is 0 Å². The maximum absolute atomic E-state index is 14.5. The molecule has 1 aromatic carbocycles. The van der Waals surface area contributed by atoms with E-state index in [1.807, 2.05) is 33.8 Å². The molecule has 6 heteroatoms. The average Bonchev–Trinajstić information content (AvgIpc) is 2.66. The Kier molecular flexibility index (Phi) is 3.88. The quantitative estimate of drug-likeness (QED) is 0.784. The normalized spacial score (nSPS) is 22.3. The van der Waals surface area contributed by atoms with E-state index >= 15 is 0 Å². The van der Waals surface area contributed by atoms with Crippen molar-refractivity contribution in [2.45, 2.75) is 58.8 Å². The molecule has 0 radical (unpaired) electrons. The lowest BCUT2D eigenvalue weighted by atomic mass is 9.78. The van der Waals surface area contributed by atoms with Crippen LogP contribution in [0.5, 0.6) is 5.75 Å². The van der Waals surface area contributed by atoms with Gasteiger partial charge in [0.1, 0.15) is 6.61 Å². The molecule has 2 aliphatic heterocycles. The molecule has 4 nitrogen and oxygen atoms in total. The molecule has 0 atom stereocenters. The highest BCUT2D eigenvalue weighted by Crippen LogP contribution is 2.39. The van der Waals surface area contributed by atoms with Crippen molar-refractivity contribution in [1.82, 2.24) is 0 Å². The van der Waals surface area contributed by atoms with Crippen molar-refractivity contribution in [3.05, 3.63) is 17.9 Å². The largest absolute Gasteiger partial charge is 0.495 e. The molecule has 0 spiro atoms. The third-order valence-corrected chi connectivity index (χ3v) is 5.08. The first-order valence-corrected chi connectivity index (χ1v) is 8.21. The van der Waals surface area contributed by atoms with Gasteiger partial charge in [-0.2, -0.15) is 0 Å². The Bertz CT molecular complexity index is 602. The summed E-state index contributed by atoms with van der Waals surface area (Å²) in [7, 11) is -0.573. The van der Waals surface area contributed by atoms with Crippen molar-refractivity contribution in [3.63, 3.8) is 0 Å². The van der Waals surface area contributed by atoms with E-state index in [-0.39, 0.29) is 11.9 Å². The molecule has 3 rings (SSSR count). The van der Waals surface area contributed by atoms with Crippen LogP contribution in [-0.4, -0.2) is 37.5 Å². The van der Waals surface area contributed by atoms with Crippen LogP contribution in [0, 0.1) is 5.82 Å². The Morgan fingerprint density at radius 1 is 1.13 bits per heavy atom. The fraction of sp³-hybridized carbons (Fsp3) is 0.647. The minimum Gasteiger partial charge on any atom is -0.486 e. The number of hydrogen-bond acceptors (Lipinski definition) is 4. The number of anilines is 1. The lowest BCUT2D eigenvalue weighted by Gasteiger charge is -2.35. The molecule has 0 N–H and O–H groups in total. The standard InChI is InChI=1S/C17H25BFNO3/c1-11(2)20-7-8-21-15-13(19)9-12(10-14(15)20)18-22-16(3,4)17(5,6)23-18/h9-11H,7-8H2,1-6H3. The van der Waals surface area contributed by atoms with E-state index in [2.05, 4.69) is 18.7 Å². The summed E-state index contributed by atoms with van der Waals surface area (Å²) in [5.74, 6) is -0.0391. The fourth-order valence-electron chi connectivity index (χ4n) is 2.97. The summed E-state index contributed by atoms with van der Waals surface area (Å²) < 4.78 is 32.2. The van der Waals surface area contributed by atoms with Gasteiger partial charge in [0, 0.05) is 6.04 Å². The van der Waals surface area contributed by atoms with E-state index in [1.54, 1.807) is 0 Å². The van der Waals surface area contributed by atoms with Crippen molar-refractivity contribution >= 4 is 18.3 Å². The molecule has 0 saturated carbocycles. The highest BCUT2D eigenvalue weighted by molar-refractivity contribution is 6.62. The number of hydrogen-bond donors (Lipinski definition) is 0. The zero-order chi connectivity index (χ0) is 17.0. The second kappa shape index (κ2) is 5.38. The van der Waals surface area contributed by atoms with Crippen LogP contribution in [0.3, 0.4) is 0 Å². The molecule has 2 aliphatic rings. The lowest BCUT2D eigenvalue weighted by Crippen LogP contribution is -2.41. The van der Waals surface area contributed by atoms with Crippen LogP contribution in [0.1, 0.15) is 41.5 Å². The summed E-state index contributed by atoms with van der Waals surface area (Å²) in [4.78, 5) is 2.15. The van der Waals surface area contributed by atoms with Gasteiger partial charge in [0.25, 0.3) is 0 Å². The molecule has 1 aromatic rings. The summed E-state index contributed by atoms with van der Waals surface area (Å²) in [6, 6.07) is 3.66. The van der Waals surface area contributed by atoms with Gasteiger partial charge in [0.15, 0.2) is 11.6 Å². The van der Waals surface area contributed by atoms with Crippen LogP contribution in [-0.2, 0) is 9.31 Å². The van der Waals surface area contributed by atoms with Gasteiger partial charge < -0.3 is 18.9 Å². The Morgan fingerprint density at radius 3 is 2.30 bits per heavy atom. The first-order chi connectivity index (χ1) is 10.6. The molecule has 23 heavy (non-hydrogen) atoms. The monoisotopic (exact) mass is 321 g/mol. The van der Waals surface area contributed by atoms with Crippen molar-refractivity contribution in [2.75, 3.05) is 18.1 Å². The second-order valence-corrected chi connectivity index (χ2v) is 7.57. The van der Waals surface area contributed by atoms with Gasteiger partial charge in [-0.3, -0.25) is 0 Å². The van der Waals surface area contributed by atoms with E-state index in [1.165, 1.54) is 6.07 Å². The van der Waals surface area contributed by atoms with Gasteiger partial charge in [-0.05, 0) is 59.1 Å². The van der Waals surface area contributed by atoms with Gasteiger partial charge in [0.2, 0.25) is 0 Å². The first-order valence-electron chi connectivity index (χ1n) is 8.21. The number of benzene rings is 1. The first kappa shape index (κ1) is 16.6. The number of ether oxygens (including phenoxy) is 1. The van der Waals surface area contributed by atoms with Crippen molar-refractivity contribution in [2.24, 2.45) is 0 Å². The van der Waals surface area contributed by atoms with Crippen LogP contribution in [0.15, 0.2) is 12.1 Å². The number of fused-ring (bicyclic) bond motifs is 1. The minimum absolute atomic E-state index is 0.269. The molecule has 1 fully saturated rings. The van der Waals surface area contributed by atoms with E-state index in [9.17, 15) is 4.39 Å². The van der Waals surface area contributed by atoms with Crippen molar-refractivity contribution < 1.29 is 18.4 Å². The summed E-state index contributed by atoms with van der Waals surface area (Å²) in [5, 5.41) is 0. The molecular formula is C17H25BFNO3. The summed E-state index contributed by atoms with van der Waals surface area (Å²) in [5.41, 5.74) is 0.573. The van der Waals surface area contributed by atoms with Gasteiger partial charge in [-0.1, -0.05) is 0 Å². The zero-order valence-corrected chi connectivity index (χ0v) is 14.8. The van der Waals surface area contributed by atoms with Gasteiger partial charge in [0.05, 0.1) is 23.4 Å². The average molecular weight is 321 g/mol. The molecule has 126 valence electrons. The number of nitrogens with zero attached hydrogens (tertiary/aromatic N) is 1. The predicted molar refractivity (Wildman–Crippen MR) is 90.1 cm³/mol. The van der Waals surface area contributed by atoms with E-state index in [0.29, 0.717) is 17.8 Å². The highest BCUT2D eigenvalue weighted by atomic mass is 19.1. The van der Waals surface area contributed by atoms with Crippen LogP contribution < -0.4 is 15.1 Å². The van der Waals surface area contributed by atoms with Crippen molar-refractivity contribution in [1.29, 1.82) is 0 Å². The van der Waals surface area contributed by atoms with E-state index < -0.39 is 18.3 Å². The molecule has 2 heterocycles. The predicted octanol–water partition coefficient (Wildman–Crippen LogP) is 2.73. The Balaban J connectivity index is 2.00. The van der Waals surface area contributed by atoms with Gasteiger partial charge >= 0.3 is 7.12 Å². The molecular weight excluding hydrogens is 296 g/mol. The lowest BCUT2D eigenvalue weighted by molar-refractivity contribution is 0.00578. The SMILES string of the molecule is CC(C)N1CCOc2c(F)cc(B3OC(C)(C)C(C)(C)O3)cc21. The summed E-state index contributed by atoms with van der Waals surface area (Å²) >= 11 is 0. The van der Waals surface area contributed by atoms with Crippen LogP contribution in [0.2, 0.25) is 0 Å². The maximum Gasteiger partial charge on any atom is 0.495 e. The summed E-state index contributed by atoms with van der Waals surface area (Å²) in [6.45, 7) is 13.4. The van der Waals surface area contributed by atoms with E-state index in [0.717, 1.165) is 12.2 Å². The maximum atomic E-state index is 14.5. The number of halogens is 1. The van der Waals surface area contributed by atoms with Crippen LogP contribution in [0.25, 0.3) is 0 Å². The van der Waals surface area contributed by atoms with E-state index in [4.69, 9.17) is 14.0 Å². The van der Waals surface area contributed by atoms with Gasteiger partial charge in [-0.15, -0.1) is 0 Å². The summed E-state index contributed by atoms with van der Waals surface area (Å²) in [6.07, 6.45) is 0. The molecule has 0 bridgehead atoms. The van der Waals surface area contributed by atoms with Gasteiger partial charge in [-0.25, -0.2) is 4.39 Å². The molecule has 0 aliphatic carbocycles. The molecule has 0 unspecified atom stereocenters. The molecule has 0 amide bonds. The zero-order valence-electron chi connectivity index (χ0n) is 14.8. The fourth-order valence-corrected chi connectivity index (χ4v) is 2.97. The third kappa shape index (κ3) is 2.72. The second-order valence-electron chi connectivity index (χ2n) is 7.57. The minimum atomic E-state index is -0.573. The topological polar surface area (TPSA) is 30.9 Å². The Hall–Kier alpha value is -1.27. The molecule has 0 aromatic heterocycles. The van der Waals surface area contributed by atoms with Crippen molar-refractivity contribution in [3.8, 4) is 5.75 Å². The highest BCUT2D eigenvalue weighted by Gasteiger charge is 2.52.